The second-order valence-corrected chi connectivity index (χ2v) is 5.17. The molecule has 96 valence electrons. The predicted molar refractivity (Wildman–Crippen MR) is 68.2 cm³/mol. The first-order valence-corrected chi connectivity index (χ1v) is 6.21. The molecule has 1 N–H and O–H groups in total. The van der Waals surface area contributed by atoms with E-state index in [0.29, 0.717) is 9.88 Å². The van der Waals surface area contributed by atoms with Crippen LogP contribution in [0.5, 0.6) is 0 Å². The molecule has 2 rings (SSSR count). The first-order valence-electron chi connectivity index (χ1n) is 5.40. The van der Waals surface area contributed by atoms with Crippen LogP contribution >= 0.6 is 11.3 Å². The summed E-state index contributed by atoms with van der Waals surface area (Å²) in [5, 5.41) is 25.2. The van der Waals surface area contributed by atoms with Crippen LogP contribution in [-0.2, 0) is 0 Å². The van der Waals surface area contributed by atoms with Crippen molar-refractivity contribution in [3.05, 3.63) is 38.5 Å². The summed E-state index contributed by atoms with van der Waals surface area (Å²) in [5.74, 6) is 0. The molecule has 6 nitrogen and oxygen atoms in total. The average Bonchev–Trinajstić information content (AvgIpc) is 2.81. The molecule has 0 aliphatic rings. The minimum Gasteiger partial charge on any atom is -0.388 e. The number of hydrogen-bond acceptors (Lipinski definition) is 5. The van der Waals surface area contributed by atoms with Crippen LogP contribution in [0.3, 0.4) is 0 Å². The zero-order valence-corrected chi connectivity index (χ0v) is 11.1. The van der Waals surface area contributed by atoms with Gasteiger partial charge in [-0.15, -0.1) is 11.3 Å². The summed E-state index contributed by atoms with van der Waals surface area (Å²) in [5.41, 5.74) is 1.60. The summed E-state index contributed by atoms with van der Waals surface area (Å²) in [6, 6.07) is 3.26. The Morgan fingerprint density at radius 3 is 2.61 bits per heavy atom. The molecule has 2 heterocycles. The Morgan fingerprint density at radius 2 is 2.17 bits per heavy atom. The molecule has 0 saturated heterocycles. The lowest BCUT2D eigenvalue weighted by molar-refractivity contribution is -0.384. The molecule has 0 unspecified atom stereocenters. The number of aryl methyl sites for hydroxylation is 2. The Morgan fingerprint density at radius 1 is 1.50 bits per heavy atom. The molecule has 0 fully saturated rings. The van der Waals surface area contributed by atoms with Gasteiger partial charge in [0.2, 0.25) is 0 Å². The van der Waals surface area contributed by atoms with Crippen LogP contribution in [0.1, 0.15) is 29.3 Å². The van der Waals surface area contributed by atoms with E-state index in [1.165, 1.54) is 17.4 Å². The van der Waals surface area contributed by atoms with Crippen molar-refractivity contribution in [2.24, 2.45) is 0 Å². The zero-order chi connectivity index (χ0) is 13.4. The Balaban J connectivity index is 2.62. The van der Waals surface area contributed by atoms with Crippen molar-refractivity contribution < 1.29 is 10.0 Å². The Labute approximate surface area is 108 Å². The van der Waals surface area contributed by atoms with Gasteiger partial charge in [-0.2, -0.15) is 5.10 Å². The number of aromatic nitrogens is 2. The van der Waals surface area contributed by atoms with Crippen LogP contribution in [0.25, 0.3) is 5.00 Å². The first kappa shape index (κ1) is 12.7. The topological polar surface area (TPSA) is 81.2 Å². The second kappa shape index (κ2) is 4.51. The fraction of sp³-hybridized carbons (Fsp3) is 0.364. The minimum absolute atomic E-state index is 0.0258. The molecular weight excluding hydrogens is 254 g/mol. The fourth-order valence-electron chi connectivity index (χ4n) is 1.71. The van der Waals surface area contributed by atoms with E-state index in [4.69, 9.17) is 0 Å². The maximum Gasteiger partial charge on any atom is 0.306 e. The number of aliphatic hydroxyl groups is 1. The van der Waals surface area contributed by atoms with Crippen molar-refractivity contribution in [2.75, 3.05) is 0 Å². The Kier molecular flexibility index (Phi) is 3.18. The predicted octanol–water partition coefficient (Wildman–Crippen LogP) is 2.51. The monoisotopic (exact) mass is 267 g/mol. The van der Waals surface area contributed by atoms with Crippen LogP contribution in [0.15, 0.2) is 12.1 Å². The largest absolute Gasteiger partial charge is 0.388 e. The molecule has 0 saturated carbocycles. The molecule has 0 bridgehead atoms. The van der Waals surface area contributed by atoms with Crippen molar-refractivity contribution in [1.82, 2.24) is 9.78 Å². The van der Waals surface area contributed by atoms with Gasteiger partial charge in [-0.1, -0.05) is 0 Å². The Hall–Kier alpha value is -1.73. The molecule has 18 heavy (non-hydrogen) atoms. The molecule has 0 aliphatic carbocycles. The summed E-state index contributed by atoms with van der Waals surface area (Å²) in [6.07, 6.45) is -0.723. The van der Waals surface area contributed by atoms with Gasteiger partial charge >= 0.3 is 5.69 Å². The van der Waals surface area contributed by atoms with E-state index in [0.717, 1.165) is 11.4 Å². The molecule has 0 aromatic carbocycles. The maximum atomic E-state index is 11.0. The lowest BCUT2D eigenvalue weighted by Gasteiger charge is -2.00. The average molecular weight is 267 g/mol. The van der Waals surface area contributed by atoms with Crippen LogP contribution in [0, 0.1) is 24.0 Å². The number of hydrogen-bond donors (Lipinski definition) is 1. The van der Waals surface area contributed by atoms with Gasteiger partial charge in [-0.25, -0.2) is 4.68 Å². The number of nitrogens with zero attached hydrogens (tertiary/aromatic N) is 3. The van der Waals surface area contributed by atoms with E-state index in [9.17, 15) is 15.2 Å². The van der Waals surface area contributed by atoms with Crippen LogP contribution < -0.4 is 0 Å². The van der Waals surface area contributed by atoms with Crippen LogP contribution in [-0.4, -0.2) is 19.8 Å². The molecule has 0 spiro atoms. The van der Waals surface area contributed by atoms with Gasteiger partial charge in [0.15, 0.2) is 5.00 Å². The number of rotatable bonds is 3. The number of nitro groups is 1. The highest BCUT2D eigenvalue weighted by molar-refractivity contribution is 7.15. The van der Waals surface area contributed by atoms with Crippen molar-refractivity contribution in [2.45, 2.75) is 26.9 Å². The second-order valence-electron chi connectivity index (χ2n) is 4.11. The molecule has 2 aromatic heterocycles. The van der Waals surface area contributed by atoms with Gasteiger partial charge in [-0.3, -0.25) is 10.1 Å². The first-order chi connectivity index (χ1) is 8.40. The fourth-order valence-corrected chi connectivity index (χ4v) is 2.79. The Bertz CT molecular complexity index is 601. The molecule has 0 amide bonds. The van der Waals surface area contributed by atoms with Gasteiger partial charge in [-0.05, 0) is 26.8 Å². The van der Waals surface area contributed by atoms with E-state index in [-0.39, 0.29) is 5.69 Å². The van der Waals surface area contributed by atoms with E-state index >= 15 is 0 Å². The van der Waals surface area contributed by atoms with Crippen molar-refractivity contribution >= 4 is 17.0 Å². The minimum atomic E-state index is -0.723. The van der Waals surface area contributed by atoms with Gasteiger partial charge in [0.1, 0.15) is 0 Å². The highest BCUT2D eigenvalue weighted by Gasteiger charge is 2.23. The van der Waals surface area contributed by atoms with Crippen molar-refractivity contribution in [1.29, 1.82) is 0 Å². The summed E-state index contributed by atoms with van der Waals surface area (Å²) < 4.78 is 1.55. The highest BCUT2D eigenvalue weighted by atomic mass is 32.1. The summed E-state index contributed by atoms with van der Waals surface area (Å²) >= 11 is 1.19. The normalized spacial score (nSPS) is 12.7. The molecule has 7 heteroatoms. The smallest absolute Gasteiger partial charge is 0.306 e. The van der Waals surface area contributed by atoms with E-state index < -0.39 is 11.0 Å². The molecule has 0 aliphatic heterocycles. The van der Waals surface area contributed by atoms with Crippen molar-refractivity contribution in [3.8, 4) is 5.00 Å². The standard InChI is InChI=1S/C11H13N3O3S/c1-6-4-7(2)13(12-6)11-9(14(16)17)5-10(18-11)8(3)15/h4-5,8,15H,1-3H3/t8-/m0/s1. The zero-order valence-electron chi connectivity index (χ0n) is 10.2. The quantitative estimate of drug-likeness (QED) is 0.684. The van der Waals surface area contributed by atoms with Gasteiger partial charge < -0.3 is 5.11 Å². The molecule has 0 radical (unpaired) electrons. The molecule has 2 aromatic rings. The SMILES string of the molecule is Cc1cc(C)n(-c2sc([C@H](C)O)cc2[N+](=O)[O-])n1. The van der Waals surface area contributed by atoms with Crippen LogP contribution in [0.4, 0.5) is 5.69 Å². The molecule has 1 atom stereocenters. The maximum absolute atomic E-state index is 11.0. The molecular formula is C11H13N3O3S. The summed E-state index contributed by atoms with van der Waals surface area (Å²) in [4.78, 5) is 11.1. The van der Waals surface area contributed by atoms with Gasteiger partial charge in [0.25, 0.3) is 0 Å². The van der Waals surface area contributed by atoms with Gasteiger partial charge in [0.05, 0.1) is 16.7 Å². The van der Waals surface area contributed by atoms with E-state index in [1.807, 2.05) is 19.9 Å². The third kappa shape index (κ3) is 2.14. The third-order valence-corrected chi connectivity index (χ3v) is 3.79. The number of thiophene rings is 1. The van der Waals surface area contributed by atoms with Crippen molar-refractivity contribution in [3.63, 3.8) is 0 Å². The lowest BCUT2D eigenvalue weighted by atomic mass is 10.3. The third-order valence-electron chi connectivity index (χ3n) is 2.52. The summed E-state index contributed by atoms with van der Waals surface area (Å²) in [6.45, 7) is 5.25. The lowest BCUT2D eigenvalue weighted by Crippen LogP contribution is -1.99. The van der Waals surface area contributed by atoms with E-state index in [2.05, 4.69) is 5.10 Å². The highest BCUT2D eigenvalue weighted by Crippen LogP contribution is 2.36. The number of aliphatic hydroxyl groups excluding tert-OH is 1. The van der Waals surface area contributed by atoms with Crippen LogP contribution in [0.2, 0.25) is 0 Å². The summed E-state index contributed by atoms with van der Waals surface area (Å²) in [7, 11) is 0. The van der Waals surface area contributed by atoms with Gasteiger partial charge in [0, 0.05) is 16.6 Å². The van der Waals surface area contributed by atoms with E-state index in [1.54, 1.807) is 11.6 Å².